The van der Waals surface area contributed by atoms with Crippen molar-refractivity contribution >= 4 is 28.2 Å². The van der Waals surface area contributed by atoms with Crippen LogP contribution in [0.15, 0.2) is 30.3 Å². The van der Waals surface area contributed by atoms with Gasteiger partial charge in [-0.15, -0.1) is 11.3 Å². The Bertz CT molecular complexity index is 853. The number of benzene rings is 1. The quantitative estimate of drug-likeness (QED) is 0.757. The third-order valence-corrected chi connectivity index (χ3v) is 6.06. The van der Waals surface area contributed by atoms with E-state index >= 15 is 0 Å². The Morgan fingerprint density at radius 3 is 2.57 bits per heavy atom. The standard InChI is InChI=1S/C22H28N2O3S/c1-5-27-20(25)18-16-11-12-24(13-15-9-7-6-8-10-15)14-17(16)28-19(18)23-21(26)22(2,3)4/h6-10H,5,11-14H2,1-4H3,(H,23,26)/p+1. The van der Waals surface area contributed by atoms with Gasteiger partial charge in [-0.2, -0.15) is 0 Å². The average molecular weight is 402 g/mol. The number of carbonyl (C=O) groups is 2. The molecule has 150 valence electrons. The van der Waals surface area contributed by atoms with E-state index < -0.39 is 5.41 Å². The smallest absolute Gasteiger partial charge is 0.341 e. The maximum absolute atomic E-state index is 12.6. The molecule has 2 aromatic rings. The van der Waals surface area contributed by atoms with Crippen molar-refractivity contribution in [3.8, 4) is 0 Å². The second-order valence-electron chi connectivity index (χ2n) is 8.22. The molecule has 1 amide bonds. The summed E-state index contributed by atoms with van der Waals surface area (Å²) >= 11 is 1.52. The van der Waals surface area contributed by atoms with Gasteiger partial charge in [0.15, 0.2) is 0 Å². The Morgan fingerprint density at radius 2 is 1.93 bits per heavy atom. The zero-order valence-corrected chi connectivity index (χ0v) is 17.9. The van der Waals surface area contributed by atoms with Gasteiger partial charge in [0.05, 0.1) is 23.6 Å². The van der Waals surface area contributed by atoms with Crippen LogP contribution in [-0.2, 0) is 29.0 Å². The van der Waals surface area contributed by atoms with Crippen molar-refractivity contribution in [1.29, 1.82) is 0 Å². The summed E-state index contributed by atoms with van der Waals surface area (Å²) in [5.74, 6) is -0.430. The molecule has 2 N–H and O–H groups in total. The maximum atomic E-state index is 12.6. The largest absolute Gasteiger partial charge is 0.462 e. The number of amides is 1. The van der Waals surface area contributed by atoms with Crippen molar-refractivity contribution in [2.75, 3.05) is 18.5 Å². The fourth-order valence-corrected chi connectivity index (χ4v) is 4.67. The maximum Gasteiger partial charge on any atom is 0.341 e. The predicted molar refractivity (Wildman–Crippen MR) is 112 cm³/mol. The van der Waals surface area contributed by atoms with E-state index in [0.717, 1.165) is 31.6 Å². The molecule has 0 bridgehead atoms. The fraction of sp³-hybridized carbons (Fsp3) is 0.455. The summed E-state index contributed by atoms with van der Waals surface area (Å²) in [6.07, 6.45) is 0.813. The molecule has 0 saturated carbocycles. The highest BCUT2D eigenvalue weighted by atomic mass is 32.1. The number of ether oxygens (including phenoxy) is 1. The Hall–Kier alpha value is -2.18. The van der Waals surface area contributed by atoms with Gasteiger partial charge in [-0.25, -0.2) is 4.79 Å². The first kappa shape index (κ1) is 20.6. The second-order valence-corrected chi connectivity index (χ2v) is 9.33. The van der Waals surface area contributed by atoms with Crippen LogP contribution in [0.3, 0.4) is 0 Å². The van der Waals surface area contributed by atoms with E-state index in [1.165, 1.54) is 26.7 Å². The first-order valence-corrected chi connectivity index (χ1v) is 10.6. The van der Waals surface area contributed by atoms with Crippen molar-refractivity contribution in [2.45, 2.75) is 47.2 Å². The summed E-state index contributed by atoms with van der Waals surface area (Å²) in [7, 11) is 0. The van der Waals surface area contributed by atoms with Gasteiger partial charge < -0.3 is 15.0 Å². The lowest BCUT2D eigenvalue weighted by molar-refractivity contribution is -0.929. The second kappa shape index (κ2) is 8.45. The molecule has 1 aromatic heterocycles. The molecule has 28 heavy (non-hydrogen) atoms. The van der Waals surface area contributed by atoms with Crippen molar-refractivity contribution in [1.82, 2.24) is 0 Å². The highest BCUT2D eigenvalue weighted by Crippen LogP contribution is 2.36. The molecule has 2 heterocycles. The molecule has 5 nitrogen and oxygen atoms in total. The molecular formula is C22H29N2O3S+. The van der Waals surface area contributed by atoms with E-state index in [-0.39, 0.29) is 11.9 Å². The summed E-state index contributed by atoms with van der Waals surface area (Å²) in [6, 6.07) is 10.5. The molecule has 0 saturated heterocycles. The van der Waals surface area contributed by atoms with Gasteiger partial charge in [-0.3, -0.25) is 4.79 Å². The van der Waals surface area contributed by atoms with Gasteiger partial charge in [0.1, 0.15) is 18.1 Å². The summed E-state index contributed by atoms with van der Waals surface area (Å²) in [5.41, 5.74) is 2.38. The summed E-state index contributed by atoms with van der Waals surface area (Å²) in [4.78, 5) is 27.8. The van der Waals surface area contributed by atoms with Crippen LogP contribution in [0.4, 0.5) is 5.00 Å². The van der Waals surface area contributed by atoms with Crippen molar-refractivity contribution in [3.05, 3.63) is 51.9 Å². The first-order valence-electron chi connectivity index (χ1n) is 9.80. The number of hydrogen-bond donors (Lipinski definition) is 2. The van der Waals surface area contributed by atoms with Crippen molar-refractivity contribution in [2.24, 2.45) is 5.41 Å². The van der Waals surface area contributed by atoms with E-state index in [9.17, 15) is 9.59 Å². The van der Waals surface area contributed by atoms with Crippen LogP contribution < -0.4 is 10.2 Å². The third-order valence-electron chi connectivity index (χ3n) is 4.91. The van der Waals surface area contributed by atoms with E-state index in [0.29, 0.717) is 17.2 Å². The van der Waals surface area contributed by atoms with E-state index in [2.05, 4.69) is 29.6 Å². The Labute approximate surface area is 170 Å². The molecule has 0 aliphatic carbocycles. The molecule has 1 unspecified atom stereocenters. The number of nitrogens with one attached hydrogen (secondary N) is 2. The van der Waals surface area contributed by atoms with Gasteiger partial charge in [-0.1, -0.05) is 51.1 Å². The number of anilines is 1. The average Bonchev–Trinajstić information content (AvgIpc) is 2.99. The zero-order chi connectivity index (χ0) is 20.3. The number of hydrogen-bond acceptors (Lipinski definition) is 4. The zero-order valence-electron chi connectivity index (χ0n) is 17.1. The highest BCUT2D eigenvalue weighted by Gasteiger charge is 2.32. The minimum Gasteiger partial charge on any atom is -0.462 e. The SMILES string of the molecule is CCOC(=O)c1c(NC(=O)C(C)(C)C)sc2c1CC[NH+](Cc1ccccc1)C2. The van der Waals surface area contributed by atoms with Crippen LogP contribution >= 0.6 is 11.3 Å². The van der Waals surface area contributed by atoms with Gasteiger partial charge in [-0.05, 0) is 12.5 Å². The molecule has 0 radical (unpaired) electrons. The first-order chi connectivity index (χ1) is 13.3. The minimum atomic E-state index is -0.527. The Kier molecular flexibility index (Phi) is 6.20. The van der Waals surface area contributed by atoms with Crippen molar-refractivity contribution in [3.63, 3.8) is 0 Å². The Morgan fingerprint density at radius 1 is 1.21 bits per heavy atom. The molecule has 3 rings (SSSR count). The summed E-state index contributed by atoms with van der Waals surface area (Å²) in [5, 5.41) is 3.61. The van der Waals surface area contributed by atoms with Gasteiger partial charge in [0, 0.05) is 17.4 Å². The summed E-state index contributed by atoms with van der Waals surface area (Å²) < 4.78 is 5.29. The van der Waals surface area contributed by atoms with Crippen molar-refractivity contribution < 1.29 is 19.2 Å². The van der Waals surface area contributed by atoms with E-state index in [4.69, 9.17) is 4.74 Å². The van der Waals surface area contributed by atoms with Gasteiger partial charge in [0.25, 0.3) is 0 Å². The van der Waals surface area contributed by atoms with Crippen LogP contribution in [0.2, 0.25) is 0 Å². The molecule has 1 aromatic carbocycles. The topological polar surface area (TPSA) is 59.8 Å². The third kappa shape index (κ3) is 4.62. The van der Waals surface area contributed by atoms with Crippen LogP contribution in [0.25, 0.3) is 0 Å². The lowest BCUT2D eigenvalue weighted by Crippen LogP contribution is -3.10. The molecule has 1 atom stereocenters. The normalized spacial score (nSPS) is 16.4. The molecular weight excluding hydrogens is 372 g/mol. The molecule has 6 heteroatoms. The predicted octanol–water partition coefficient (Wildman–Crippen LogP) is 3.05. The Balaban J connectivity index is 1.86. The summed E-state index contributed by atoms with van der Waals surface area (Å²) in [6.45, 7) is 10.5. The van der Waals surface area contributed by atoms with Crippen LogP contribution in [0.5, 0.6) is 0 Å². The van der Waals surface area contributed by atoms with E-state index in [1.807, 2.05) is 26.8 Å². The highest BCUT2D eigenvalue weighted by molar-refractivity contribution is 7.17. The number of rotatable bonds is 5. The van der Waals surface area contributed by atoms with Crippen LogP contribution in [0, 0.1) is 5.41 Å². The van der Waals surface area contributed by atoms with Crippen LogP contribution in [-0.4, -0.2) is 25.0 Å². The lowest BCUT2D eigenvalue weighted by Gasteiger charge is -2.24. The molecule has 1 aliphatic heterocycles. The van der Waals surface area contributed by atoms with E-state index in [1.54, 1.807) is 6.92 Å². The number of quaternary nitrogens is 1. The monoisotopic (exact) mass is 401 g/mol. The minimum absolute atomic E-state index is 0.0925. The lowest BCUT2D eigenvalue weighted by atomic mass is 9.95. The van der Waals surface area contributed by atoms with Gasteiger partial charge in [0.2, 0.25) is 5.91 Å². The molecule has 1 aliphatic rings. The number of fused-ring (bicyclic) bond motifs is 1. The fourth-order valence-electron chi connectivity index (χ4n) is 3.37. The van der Waals surface area contributed by atoms with Gasteiger partial charge >= 0.3 is 5.97 Å². The number of thiophene rings is 1. The number of esters is 1. The van der Waals surface area contributed by atoms with Crippen LogP contribution in [0.1, 0.15) is 54.1 Å². The molecule has 0 fully saturated rings. The molecule has 0 spiro atoms. The number of carbonyl (C=O) groups excluding carboxylic acids is 2.